The van der Waals surface area contributed by atoms with Gasteiger partial charge in [-0.05, 0) is 42.0 Å². The van der Waals surface area contributed by atoms with Crippen LogP contribution in [0.5, 0.6) is 5.75 Å². The fraction of sp³-hybridized carbons (Fsp3) is 0.222. The van der Waals surface area contributed by atoms with Crippen LogP contribution in [0, 0.1) is 0 Å². The van der Waals surface area contributed by atoms with Gasteiger partial charge < -0.3 is 15.0 Å². The fourth-order valence-corrected chi connectivity index (χ4v) is 2.21. The molecule has 120 valence electrons. The Morgan fingerprint density at radius 1 is 1.00 bits per heavy atom. The lowest BCUT2D eigenvalue weighted by molar-refractivity contribution is 0.0784. The van der Waals surface area contributed by atoms with Crippen LogP contribution < -0.4 is 10.1 Å². The van der Waals surface area contributed by atoms with Crippen molar-refractivity contribution in [3.63, 3.8) is 0 Å². The maximum atomic E-state index is 12.4. The minimum absolute atomic E-state index is 0.0666. The molecule has 0 aliphatic heterocycles. The zero-order chi connectivity index (χ0) is 16.8. The number of benzene rings is 2. The van der Waals surface area contributed by atoms with Gasteiger partial charge in [-0.25, -0.2) is 0 Å². The van der Waals surface area contributed by atoms with Crippen molar-refractivity contribution in [2.75, 3.05) is 21.2 Å². The van der Waals surface area contributed by atoms with Gasteiger partial charge in [0.05, 0.1) is 7.11 Å². The summed E-state index contributed by atoms with van der Waals surface area (Å²) in [5.41, 5.74) is 2.16. The summed E-state index contributed by atoms with van der Waals surface area (Å²) in [6.07, 6.45) is 0. The summed E-state index contributed by atoms with van der Waals surface area (Å²) in [5.74, 6) is 0.524. The third-order valence-electron chi connectivity index (χ3n) is 3.55. The Kier molecular flexibility index (Phi) is 5.36. The van der Waals surface area contributed by atoms with E-state index in [1.165, 1.54) is 0 Å². The van der Waals surface area contributed by atoms with Gasteiger partial charge in [-0.2, -0.15) is 0 Å². The summed E-state index contributed by atoms with van der Waals surface area (Å²) in [6.45, 7) is 0.471. The lowest BCUT2D eigenvalue weighted by atomic mass is 10.1. The molecular weight excluding hydrogens is 292 g/mol. The number of carbonyl (C=O) groups excluding carboxylic acids is 2. The topological polar surface area (TPSA) is 58.6 Å². The third kappa shape index (κ3) is 4.10. The van der Waals surface area contributed by atoms with Crippen LogP contribution in [0.15, 0.2) is 48.5 Å². The van der Waals surface area contributed by atoms with E-state index >= 15 is 0 Å². The molecule has 1 N–H and O–H groups in total. The molecular formula is C18H20N2O3. The molecule has 0 aliphatic carbocycles. The molecule has 5 nitrogen and oxygen atoms in total. The highest BCUT2D eigenvalue weighted by molar-refractivity contribution is 5.94. The highest BCUT2D eigenvalue weighted by atomic mass is 16.5. The molecule has 0 spiro atoms. The number of carbonyl (C=O) groups is 2. The summed E-state index contributed by atoms with van der Waals surface area (Å²) in [6, 6.07) is 14.2. The van der Waals surface area contributed by atoms with E-state index in [2.05, 4.69) is 5.32 Å². The number of rotatable bonds is 5. The predicted octanol–water partition coefficient (Wildman–Crippen LogP) is 2.33. The van der Waals surface area contributed by atoms with Crippen molar-refractivity contribution < 1.29 is 14.3 Å². The van der Waals surface area contributed by atoms with Crippen LogP contribution in [-0.2, 0) is 6.54 Å². The third-order valence-corrected chi connectivity index (χ3v) is 3.55. The molecule has 2 aromatic carbocycles. The maximum Gasteiger partial charge on any atom is 0.253 e. The number of amides is 2. The fourth-order valence-electron chi connectivity index (χ4n) is 2.21. The Morgan fingerprint density at radius 2 is 1.57 bits per heavy atom. The normalized spacial score (nSPS) is 10.0. The lowest BCUT2D eigenvalue weighted by Gasteiger charge is -2.17. The van der Waals surface area contributed by atoms with Crippen LogP contribution in [0.1, 0.15) is 26.3 Å². The summed E-state index contributed by atoms with van der Waals surface area (Å²) < 4.78 is 5.09. The van der Waals surface area contributed by atoms with Gasteiger partial charge in [-0.3, -0.25) is 9.59 Å². The van der Waals surface area contributed by atoms with Crippen molar-refractivity contribution in [1.82, 2.24) is 10.2 Å². The molecule has 5 heteroatoms. The highest BCUT2D eigenvalue weighted by Gasteiger charge is 2.12. The SMILES string of the molecule is CNC(=O)c1ccc(CN(C)C(=O)c2ccc(OC)cc2)cc1. The largest absolute Gasteiger partial charge is 0.497 e. The molecule has 0 fully saturated rings. The van der Waals surface area contributed by atoms with E-state index in [1.54, 1.807) is 62.5 Å². The second-order valence-electron chi connectivity index (χ2n) is 5.17. The van der Waals surface area contributed by atoms with Crippen molar-refractivity contribution in [1.29, 1.82) is 0 Å². The van der Waals surface area contributed by atoms with Gasteiger partial charge in [0.2, 0.25) is 0 Å². The first kappa shape index (κ1) is 16.5. The predicted molar refractivity (Wildman–Crippen MR) is 88.6 cm³/mol. The van der Waals surface area contributed by atoms with Crippen molar-refractivity contribution in [2.45, 2.75) is 6.54 Å². The highest BCUT2D eigenvalue weighted by Crippen LogP contribution is 2.14. The number of methoxy groups -OCH3 is 1. The van der Waals surface area contributed by atoms with Crippen molar-refractivity contribution in [3.05, 3.63) is 65.2 Å². The van der Waals surface area contributed by atoms with Gasteiger partial charge in [-0.1, -0.05) is 12.1 Å². The molecule has 2 amide bonds. The van der Waals surface area contributed by atoms with Gasteiger partial charge in [0, 0.05) is 31.8 Å². The quantitative estimate of drug-likeness (QED) is 0.922. The summed E-state index contributed by atoms with van der Waals surface area (Å²) in [4.78, 5) is 25.5. The van der Waals surface area contributed by atoms with Gasteiger partial charge >= 0.3 is 0 Å². The molecule has 2 rings (SSSR count). The van der Waals surface area contributed by atoms with Crippen molar-refractivity contribution in [3.8, 4) is 5.75 Å². The average Bonchev–Trinajstić information content (AvgIpc) is 2.61. The van der Waals surface area contributed by atoms with E-state index in [1.807, 2.05) is 12.1 Å². The van der Waals surface area contributed by atoms with Crippen LogP contribution in [0.4, 0.5) is 0 Å². The molecule has 0 atom stereocenters. The van der Waals surface area contributed by atoms with E-state index < -0.39 is 0 Å². The Labute approximate surface area is 135 Å². The Hall–Kier alpha value is -2.82. The molecule has 0 radical (unpaired) electrons. The van der Waals surface area contributed by atoms with E-state index in [0.29, 0.717) is 23.4 Å². The molecule has 0 unspecified atom stereocenters. The zero-order valence-electron chi connectivity index (χ0n) is 13.5. The monoisotopic (exact) mass is 312 g/mol. The molecule has 23 heavy (non-hydrogen) atoms. The van der Waals surface area contributed by atoms with Crippen LogP contribution in [0.3, 0.4) is 0 Å². The number of nitrogens with zero attached hydrogens (tertiary/aromatic N) is 1. The lowest BCUT2D eigenvalue weighted by Crippen LogP contribution is -2.26. The molecule has 0 aromatic heterocycles. The smallest absolute Gasteiger partial charge is 0.253 e. The van der Waals surface area contributed by atoms with Crippen LogP contribution in [0.2, 0.25) is 0 Å². The molecule has 0 heterocycles. The van der Waals surface area contributed by atoms with Crippen molar-refractivity contribution in [2.24, 2.45) is 0 Å². The van der Waals surface area contributed by atoms with E-state index in [0.717, 1.165) is 5.56 Å². The minimum atomic E-state index is -0.126. The summed E-state index contributed by atoms with van der Waals surface area (Å²) >= 11 is 0. The zero-order valence-corrected chi connectivity index (χ0v) is 13.5. The Morgan fingerprint density at radius 3 is 2.09 bits per heavy atom. The van der Waals surface area contributed by atoms with Crippen LogP contribution >= 0.6 is 0 Å². The van der Waals surface area contributed by atoms with Gasteiger partial charge in [0.15, 0.2) is 0 Å². The first-order valence-electron chi connectivity index (χ1n) is 7.25. The molecule has 0 saturated carbocycles. The minimum Gasteiger partial charge on any atom is -0.497 e. The van der Waals surface area contributed by atoms with Crippen LogP contribution in [-0.4, -0.2) is 37.9 Å². The second-order valence-corrected chi connectivity index (χ2v) is 5.17. The Balaban J connectivity index is 2.03. The van der Waals surface area contributed by atoms with Gasteiger partial charge in [0.25, 0.3) is 11.8 Å². The molecule has 0 bridgehead atoms. The average molecular weight is 312 g/mol. The number of hydrogen-bond acceptors (Lipinski definition) is 3. The number of hydrogen-bond donors (Lipinski definition) is 1. The van der Waals surface area contributed by atoms with Crippen molar-refractivity contribution >= 4 is 11.8 Å². The second kappa shape index (κ2) is 7.45. The van der Waals surface area contributed by atoms with Gasteiger partial charge in [0.1, 0.15) is 5.75 Å². The molecule has 2 aromatic rings. The van der Waals surface area contributed by atoms with E-state index in [-0.39, 0.29) is 11.8 Å². The van der Waals surface area contributed by atoms with Gasteiger partial charge in [-0.15, -0.1) is 0 Å². The number of ether oxygens (including phenoxy) is 1. The summed E-state index contributed by atoms with van der Waals surface area (Å²) in [7, 11) is 4.93. The maximum absolute atomic E-state index is 12.4. The first-order valence-corrected chi connectivity index (χ1v) is 7.25. The molecule has 0 aliphatic rings. The molecule has 0 saturated heterocycles. The standard InChI is InChI=1S/C18H20N2O3/c1-19-17(21)14-6-4-13(5-7-14)12-20(2)18(22)15-8-10-16(23-3)11-9-15/h4-11H,12H2,1-3H3,(H,19,21). The van der Waals surface area contributed by atoms with Crippen LogP contribution in [0.25, 0.3) is 0 Å². The van der Waals surface area contributed by atoms with E-state index in [4.69, 9.17) is 4.74 Å². The first-order chi connectivity index (χ1) is 11.0. The van der Waals surface area contributed by atoms with E-state index in [9.17, 15) is 9.59 Å². The Bertz CT molecular complexity index is 678. The number of nitrogens with one attached hydrogen (secondary N) is 1. The summed E-state index contributed by atoms with van der Waals surface area (Å²) in [5, 5.41) is 2.58.